The number of hydrogen-bond donors (Lipinski definition) is 1. The molecule has 1 heterocycles. The van der Waals surface area contributed by atoms with Crippen molar-refractivity contribution in [3.05, 3.63) is 23.8 Å². The quantitative estimate of drug-likeness (QED) is 0.852. The second-order valence-electron chi connectivity index (χ2n) is 5.01. The second kappa shape index (κ2) is 5.95. The summed E-state index contributed by atoms with van der Waals surface area (Å²) in [5.74, 6) is 0.653. The number of carbonyl (C=O) groups excluding carboxylic acids is 1. The average molecular weight is 262 g/mol. The number of rotatable bonds is 3. The van der Waals surface area contributed by atoms with Gasteiger partial charge >= 0.3 is 0 Å². The van der Waals surface area contributed by atoms with Crippen LogP contribution in [0.2, 0.25) is 0 Å². The van der Waals surface area contributed by atoms with Crippen molar-refractivity contribution in [3.63, 3.8) is 0 Å². The van der Waals surface area contributed by atoms with Crippen LogP contribution in [-0.2, 0) is 0 Å². The first-order valence-corrected chi connectivity index (χ1v) is 6.91. The molecule has 1 unspecified atom stereocenters. The van der Waals surface area contributed by atoms with E-state index in [2.05, 4.69) is 6.92 Å². The van der Waals surface area contributed by atoms with Gasteiger partial charge in [-0.05, 0) is 43.9 Å². The average Bonchev–Trinajstić information content (AvgIpc) is 2.47. The van der Waals surface area contributed by atoms with Gasteiger partial charge in [0.25, 0.3) is 5.91 Å². The molecule has 1 saturated heterocycles. The van der Waals surface area contributed by atoms with Gasteiger partial charge in [-0.2, -0.15) is 0 Å². The highest BCUT2D eigenvalue weighted by Gasteiger charge is 2.26. The van der Waals surface area contributed by atoms with Crippen LogP contribution < -0.4 is 10.5 Å². The van der Waals surface area contributed by atoms with Crippen LogP contribution in [0.1, 0.15) is 43.0 Å². The van der Waals surface area contributed by atoms with Crippen LogP contribution in [0.4, 0.5) is 5.69 Å². The monoisotopic (exact) mass is 262 g/mol. The lowest BCUT2D eigenvalue weighted by Crippen LogP contribution is -2.43. The third-order valence-corrected chi connectivity index (χ3v) is 3.84. The number of anilines is 1. The molecule has 0 aromatic heterocycles. The minimum atomic E-state index is 0.0878. The number of nitrogen functional groups attached to an aromatic ring is 1. The topological polar surface area (TPSA) is 55.6 Å². The first-order valence-electron chi connectivity index (χ1n) is 6.91. The van der Waals surface area contributed by atoms with E-state index in [1.807, 2.05) is 4.90 Å². The Balaban J connectivity index is 2.22. The summed E-state index contributed by atoms with van der Waals surface area (Å²) in [6.07, 6.45) is 4.42. The van der Waals surface area contributed by atoms with Crippen LogP contribution in [0, 0.1) is 0 Å². The number of piperidine rings is 1. The third-order valence-electron chi connectivity index (χ3n) is 3.84. The van der Waals surface area contributed by atoms with E-state index in [0.717, 1.165) is 25.8 Å². The fraction of sp³-hybridized carbons (Fsp3) is 0.533. The maximum absolute atomic E-state index is 12.6. The van der Waals surface area contributed by atoms with Crippen molar-refractivity contribution in [1.29, 1.82) is 0 Å². The molecule has 0 saturated carbocycles. The van der Waals surface area contributed by atoms with E-state index < -0.39 is 0 Å². The SMILES string of the molecule is CCC1CCCCN1C(=O)c1ccc(N)c(OC)c1. The molecule has 1 fully saturated rings. The lowest BCUT2D eigenvalue weighted by atomic mass is 9.99. The Morgan fingerprint density at radius 2 is 2.26 bits per heavy atom. The molecule has 0 radical (unpaired) electrons. The largest absolute Gasteiger partial charge is 0.495 e. The summed E-state index contributed by atoms with van der Waals surface area (Å²) in [5, 5.41) is 0. The fourth-order valence-corrected chi connectivity index (χ4v) is 2.70. The number of amides is 1. The van der Waals surface area contributed by atoms with E-state index in [9.17, 15) is 4.79 Å². The van der Waals surface area contributed by atoms with Crippen molar-refractivity contribution in [2.75, 3.05) is 19.4 Å². The molecule has 0 bridgehead atoms. The molecule has 1 aromatic rings. The number of benzene rings is 1. The van der Waals surface area contributed by atoms with Crippen LogP contribution in [0.15, 0.2) is 18.2 Å². The zero-order valence-corrected chi connectivity index (χ0v) is 11.7. The van der Waals surface area contributed by atoms with Gasteiger partial charge in [0.2, 0.25) is 0 Å². The molecular weight excluding hydrogens is 240 g/mol. The molecule has 1 amide bonds. The van der Waals surface area contributed by atoms with Crippen molar-refractivity contribution in [2.45, 2.75) is 38.6 Å². The van der Waals surface area contributed by atoms with E-state index in [-0.39, 0.29) is 5.91 Å². The summed E-state index contributed by atoms with van der Waals surface area (Å²) in [4.78, 5) is 14.6. The van der Waals surface area contributed by atoms with Crippen molar-refractivity contribution >= 4 is 11.6 Å². The van der Waals surface area contributed by atoms with E-state index in [0.29, 0.717) is 23.0 Å². The Hall–Kier alpha value is -1.71. The van der Waals surface area contributed by atoms with Crippen LogP contribution in [0.5, 0.6) is 5.75 Å². The molecule has 0 aliphatic carbocycles. The van der Waals surface area contributed by atoms with Crippen LogP contribution in [0.3, 0.4) is 0 Å². The molecule has 1 aromatic carbocycles. The summed E-state index contributed by atoms with van der Waals surface area (Å²) in [5.41, 5.74) is 7.00. The van der Waals surface area contributed by atoms with E-state index in [1.54, 1.807) is 25.3 Å². The molecular formula is C15H22N2O2. The molecule has 104 valence electrons. The number of nitrogens with two attached hydrogens (primary N) is 1. The summed E-state index contributed by atoms with van der Waals surface area (Å²) in [6.45, 7) is 2.99. The number of nitrogens with zero attached hydrogens (tertiary/aromatic N) is 1. The molecule has 4 nitrogen and oxygen atoms in total. The smallest absolute Gasteiger partial charge is 0.254 e. The first-order chi connectivity index (χ1) is 9.17. The van der Waals surface area contributed by atoms with Gasteiger partial charge in [0.05, 0.1) is 12.8 Å². The van der Waals surface area contributed by atoms with Gasteiger partial charge in [-0.25, -0.2) is 0 Å². The highest BCUT2D eigenvalue weighted by atomic mass is 16.5. The molecule has 1 aliphatic heterocycles. The Bertz CT molecular complexity index is 459. The summed E-state index contributed by atoms with van der Waals surface area (Å²) >= 11 is 0. The number of methoxy groups -OCH3 is 1. The molecule has 19 heavy (non-hydrogen) atoms. The molecule has 2 N–H and O–H groups in total. The summed E-state index contributed by atoms with van der Waals surface area (Å²) in [6, 6.07) is 5.61. The predicted octanol–water partition coefficient (Wildman–Crippen LogP) is 2.68. The third kappa shape index (κ3) is 2.83. The minimum absolute atomic E-state index is 0.0878. The highest BCUT2D eigenvalue weighted by Crippen LogP contribution is 2.26. The number of carbonyl (C=O) groups is 1. The highest BCUT2D eigenvalue weighted by molar-refractivity contribution is 5.95. The minimum Gasteiger partial charge on any atom is -0.495 e. The molecule has 1 aliphatic rings. The van der Waals surface area contributed by atoms with Crippen LogP contribution in [-0.4, -0.2) is 30.5 Å². The Morgan fingerprint density at radius 1 is 1.47 bits per heavy atom. The number of ether oxygens (including phenoxy) is 1. The van der Waals surface area contributed by atoms with Gasteiger partial charge in [0.15, 0.2) is 0 Å². The van der Waals surface area contributed by atoms with E-state index in [1.165, 1.54) is 6.42 Å². The van der Waals surface area contributed by atoms with Crippen molar-refractivity contribution in [2.24, 2.45) is 0 Å². The van der Waals surface area contributed by atoms with E-state index >= 15 is 0 Å². The number of likely N-dealkylation sites (tertiary alicyclic amines) is 1. The molecule has 0 spiro atoms. The lowest BCUT2D eigenvalue weighted by Gasteiger charge is -2.35. The fourth-order valence-electron chi connectivity index (χ4n) is 2.70. The first kappa shape index (κ1) is 13.7. The van der Waals surface area contributed by atoms with Gasteiger partial charge in [0.1, 0.15) is 5.75 Å². The second-order valence-corrected chi connectivity index (χ2v) is 5.01. The van der Waals surface area contributed by atoms with Crippen LogP contribution >= 0.6 is 0 Å². The summed E-state index contributed by atoms with van der Waals surface area (Å²) < 4.78 is 5.18. The maximum atomic E-state index is 12.6. The Kier molecular flexibility index (Phi) is 4.30. The molecule has 1 atom stereocenters. The van der Waals surface area contributed by atoms with Crippen molar-refractivity contribution < 1.29 is 9.53 Å². The maximum Gasteiger partial charge on any atom is 0.254 e. The van der Waals surface area contributed by atoms with Crippen molar-refractivity contribution in [1.82, 2.24) is 4.90 Å². The van der Waals surface area contributed by atoms with Crippen LogP contribution in [0.25, 0.3) is 0 Å². The van der Waals surface area contributed by atoms with Gasteiger partial charge in [-0.1, -0.05) is 6.92 Å². The Morgan fingerprint density at radius 3 is 2.95 bits per heavy atom. The van der Waals surface area contributed by atoms with Gasteiger partial charge in [-0.3, -0.25) is 4.79 Å². The lowest BCUT2D eigenvalue weighted by molar-refractivity contribution is 0.0607. The zero-order valence-electron chi connectivity index (χ0n) is 11.7. The predicted molar refractivity (Wildman–Crippen MR) is 76.4 cm³/mol. The van der Waals surface area contributed by atoms with E-state index in [4.69, 9.17) is 10.5 Å². The normalized spacial score (nSPS) is 19.3. The number of hydrogen-bond acceptors (Lipinski definition) is 3. The molecule has 2 rings (SSSR count). The van der Waals surface area contributed by atoms with Gasteiger partial charge < -0.3 is 15.4 Å². The standard InChI is InChI=1S/C15H22N2O2/c1-3-12-6-4-5-9-17(12)15(18)11-7-8-13(16)14(10-11)19-2/h7-8,10,12H,3-6,9,16H2,1-2H3. The Labute approximate surface area is 114 Å². The molecule has 4 heteroatoms. The zero-order chi connectivity index (χ0) is 13.8. The van der Waals surface area contributed by atoms with Crippen molar-refractivity contribution in [3.8, 4) is 5.75 Å². The van der Waals surface area contributed by atoms with Gasteiger partial charge in [0, 0.05) is 18.2 Å². The van der Waals surface area contributed by atoms with Gasteiger partial charge in [-0.15, -0.1) is 0 Å². The summed E-state index contributed by atoms with van der Waals surface area (Å²) in [7, 11) is 1.57.